The number of nitrogens with one attached hydrogen (secondary N) is 1. The first-order valence-corrected chi connectivity index (χ1v) is 6.50. The molecule has 1 unspecified atom stereocenters. The summed E-state index contributed by atoms with van der Waals surface area (Å²) in [6.45, 7) is 4.33. The number of carbonyl (C=O) groups excluding carboxylic acids is 1. The van der Waals surface area contributed by atoms with Crippen LogP contribution in [-0.2, 0) is 0 Å². The van der Waals surface area contributed by atoms with Gasteiger partial charge in [0.15, 0.2) is 0 Å². The van der Waals surface area contributed by atoms with E-state index in [1.807, 2.05) is 6.07 Å². The molecule has 0 aliphatic rings. The first kappa shape index (κ1) is 14.4. The van der Waals surface area contributed by atoms with Gasteiger partial charge in [0.2, 0.25) is 0 Å². The van der Waals surface area contributed by atoms with E-state index in [4.69, 9.17) is 11.5 Å². The molecule has 100 valence electrons. The molecule has 1 atom stereocenters. The normalized spacial score (nSPS) is 12.1. The van der Waals surface area contributed by atoms with Crippen molar-refractivity contribution in [2.75, 3.05) is 11.1 Å². The first-order chi connectivity index (χ1) is 8.54. The summed E-state index contributed by atoms with van der Waals surface area (Å²) < 4.78 is 0. The van der Waals surface area contributed by atoms with Gasteiger partial charge in [-0.3, -0.25) is 4.79 Å². The topological polar surface area (TPSA) is 81.1 Å². The molecule has 5 N–H and O–H groups in total. The molecule has 1 aromatic rings. The molecule has 1 amide bonds. The van der Waals surface area contributed by atoms with Crippen LogP contribution in [0.3, 0.4) is 0 Å². The summed E-state index contributed by atoms with van der Waals surface area (Å²) in [6.07, 6.45) is 4.80. The van der Waals surface area contributed by atoms with E-state index in [2.05, 4.69) is 19.2 Å². The Bertz CT molecular complexity index is 404. The van der Waals surface area contributed by atoms with E-state index in [1.54, 1.807) is 12.1 Å². The number of anilines is 2. The Balaban J connectivity index is 2.62. The van der Waals surface area contributed by atoms with Crippen molar-refractivity contribution in [3.63, 3.8) is 0 Å². The highest BCUT2D eigenvalue weighted by Crippen LogP contribution is 2.19. The van der Waals surface area contributed by atoms with Gasteiger partial charge in [-0.2, -0.15) is 0 Å². The molecule has 0 spiro atoms. The van der Waals surface area contributed by atoms with Crippen molar-refractivity contribution in [2.24, 2.45) is 5.73 Å². The number of amides is 1. The highest BCUT2D eigenvalue weighted by molar-refractivity contribution is 5.98. The Kier molecular flexibility index (Phi) is 5.49. The van der Waals surface area contributed by atoms with E-state index < -0.39 is 5.91 Å². The average Bonchev–Trinajstić information content (AvgIpc) is 2.31. The van der Waals surface area contributed by atoms with Crippen LogP contribution < -0.4 is 16.8 Å². The minimum atomic E-state index is -0.491. The number of nitrogens with two attached hydrogens (primary N) is 2. The quantitative estimate of drug-likeness (QED) is 0.513. The van der Waals surface area contributed by atoms with E-state index in [0.717, 1.165) is 12.1 Å². The second-order valence-corrected chi connectivity index (χ2v) is 4.71. The van der Waals surface area contributed by atoms with Crippen LogP contribution in [0.1, 0.15) is 49.9 Å². The highest BCUT2D eigenvalue weighted by atomic mass is 16.1. The zero-order chi connectivity index (χ0) is 13.5. The largest absolute Gasteiger partial charge is 0.398 e. The molecule has 0 heterocycles. The average molecular weight is 249 g/mol. The fraction of sp³-hybridized carbons (Fsp3) is 0.500. The molecule has 1 rings (SSSR count). The lowest BCUT2D eigenvalue weighted by Crippen LogP contribution is -2.17. The van der Waals surface area contributed by atoms with Crippen LogP contribution in [0.2, 0.25) is 0 Å². The monoisotopic (exact) mass is 249 g/mol. The van der Waals surface area contributed by atoms with Gasteiger partial charge in [0.25, 0.3) is 5.91 Å². The molecule has 4 nitrogen and oxygen atoms in total. The summed E-state index contributed by atoms with van der Waals surface area (Å²) in [5.74, 6) is -0.491. The molecular weight excluding hydrogens is 226 g/mol. The first-order valence-electron chi connectivity index (χ1n) is 6.50. The molecule has 4 heteroatoms. The Hall–Kier alpha value is -1.71. The van der Waals surface area contributed by atoms with Crippen LogP contribution >= 0.6 is 0 Å². The number of hydrogen-bond donors (Lipinski definition) is 3. The summed E-state index contributed by atoms with van der Waals surface area (Å²) in [5, 5.41) is 3.36. The van der Waals surface area contributed by atoms with Crippen LogP contribution in [0.5, 0.6) is 0 Å². The number of primary amides is 1. The molecule has 0 saturated heterocycles. The molecule has 0 aromatic heterocycles. The number of carbonyl (C=O) groups is 1. The van der Waals surface area contributed by atoms with E-state index in [0.29, 0.717) is 17.3 Å². The molecule has 0 radical (unpaired) electrons. The molecule has 0 aliphatic heterocycles. The number of hydrogen-bond acceptors (Lipinski definition) is 3. The fourth-order valence-corrected chi connectivity index (χ4v) is 1.92. The maximum Gasteiger partial charge on any atom is 0.250 e. The van der Waals surface area contributed by atoms with Crippen molar-refractivity contribution in [2.45, 2.75) is 45.6 Å². The van der Waals surface area contributed by atoms with Crippen LogP contribution in [-0.4, -0.2) is 11.9 Å². The Morgan fingerprint density at radius 1 is 1.39 bits per heavy atom. The molecule has 0 saturated carbocycles. The van der Waals surface area contributed by atoms with Gasteiger partial charge in [-0.15, -0.1) is 0 Å². The van der Waals surface area contributed by atoms with E-state index in [9.17, 15) is 4.79 Å². The number of benzene rings is 1. The zero-order valence-electron chi connectivity index (χ0n) is 11.2. The summed E-state index contributed by atoms with van der Waals surface area (Å²) in [4.78, 5) is 11.2. The van der Waals surface area contributed by atoms with Gasteiger partial charge in [-0.05, 0) is 31.5 Å². The van der Waals surface area contributed by atoms with Crippen molar-refractivity contribution in [1.29, 1.82) is 0 Å². The lowest BCUT2D eigenvalue weighted by atomic mass is 10.1. The minimum absolute atomic E-state index is 0.376. The number of rotatable bonds is 7. The Morgan fingerprint density at radius 2 is 2.11 bits per heavy atom. The number of nitrogen functional groups attached to an aromatic ring is 1. The van der Waals surface area contributed by atoms with Gasteiger partial charge >= 0.3 is 0 Å². The third kappa shape index (κ3) is 4.28. The smallest absolute Gasteiger partial charge is 0.250 e. The lowest BCUT2D eigenvalue weighted by molar-refractivity contribution is 0.100. The molecular formula is C14H23N3O. The summed E-state index contributed by atoms with van der Waals surface area (Å²) in [6, 6.07) is 5.67. The third-order valence-electron chi connectivity index (χ3n) is 2.97. The molecule has 0 fully saturated rings. The van der Waals surface area contributed by atoms with Crippen LogP contribution in [0.25, 0.3) is 0 Å². The van der Waals surface area contributed by atoms with Gasteiger partial charge in [-0.1, -0.05) is 26.2 Å². The minimum Gasteiger partial charge on any atom is -0.398 e. The third-order valence-corrected chi connectivity index (χ3v) is 2.97. The molecule has 0 aliphatic carbocycles. The molecule has 0 bridgehead atoms. The second-order valence-electron chi connectivity index (χ2n) is 4.71. The van der Waals surface area contributed by atoms with Gasteiger partial charge in [0.05, 0.1) is 5.56 Å². The van der Waals surface area contributed by atoms with Crippen LogP contribution in [0.15, 0.2) is 18.2 Å². The maximum atomic E-state index is 11.2. The van der Waals surface area contributed by atoms with Gasteiger partial charge in [-0.25, -0.2) is 0 Å². The van der Waals surface area contributed by atoms with Gasteiger partial charge in [0, 0.05) is 17.4 Å². The highest BCUT2D eigenvalue weighted by Gasteiger charge is 2.08. The van der Waals surface area contributed by atoms with Crippen LogP contribution in [0.4, 0.5) is 11.4 Å². The van der Waals surface area contributed by atoms with Crippen molar-refractivity contribution >= 4 is 17.3 Å². The SMILES string of the molecule is CCCCCC(C)Nc1ccc(N)c(C(N)=O)c1. The fourth-order valence-electron chi connectivity index (χ4n) is 1.92. The van der Waals surface area contributed by atoms with Crippen molar-refractivity contribution in [3.05, 3.63) is 23.8 Å². The lowest BCUT2D eigenvalue weighted by Gasteiger charge is -2.16. The standard InChI is InChI=1S/C14H23N3O/c1-3-4-5-6-10(2)17-11-7-8-13(15)12(9-11)14(16)18/h7-10,17H,3-6,15H2,1-2H3,(H2,16,18). The Morgan fingerprint density at radius 3 is 2.72 bits per heavy atom. The van der Waals surface area contributed by atoms with Crippen molar-refractivity contribution in [3.8, 4) is 0 Å². The van der Waals surface area contributed by atoms with E-state index in [-0.39, 0.29) is 0 Å². The molecule has 1 aromatic carbocycles. The predicted molar refractivity (Wildman–Crippen MR) is 76.6 cm³/mol. The number of unbranched alkanes of at least 4 members (excludes halogenated alkanes) is 2. The zero-order valence-corrected chi connectivity index (χ0v) is 11.2. The predicted octanol–water partition coefficient (Wildman–Crippen LogP) is 2.75. The molecule has 18 heavy (non-hydrogen) atoms. The summed E-state index contributed by atoms with van der Waals surface area (Å²) >= 11 is 0. The summed E-state index contributed by atoms with van der Waals surface area (Å²) in [7, 11) is 0. The Labute approximate surface area is 109 Å². The van der Waals surface area contributed by atoms with Crippen molar-refractivity contribution in [1.82, 2.24) is 0 Å². The van der Waals surface area contributed by atoms with E-state index in [1.165, 1.54) is 19.3 Å². The second kappa shape index (κ2) is 6.89. The van der Waals surface area contributed by atoms with E-state index >= 15 is 0 Å². The van der Waals surface area contributed by atoms with Crippen molar-refractivity contribution < 1.29 is 4.79 Å². The van der Waals surface area contributed by atoms with Gasteiger partial charge < -0.3 is 16.8 Å². The summed E-state index contributed by atoms with van der Waals surface area (Å²) in [5.41, 5.74) is 12.6. The van der Waals surface area contributed by atoms with Crippen LogP contribution in [0, 0.1) is 0 Å². The van der Waals surface area contributed by atoms with Gasteiger partial charge in [0.1, 0.15) is 0 Å². The maximum absolute atomic E-state index is 11.2.